The van der Waals surface area contributed by atoms with Crippen LogP contribution >= 0.6 is 0 Å². The van der Waals surface area contributed by atoms with Gasteiger partial charge in [0.05, 0.1) is 4.92 Å². The van der Waals surface area contributed by atoms with Gasteiger partial charge in [-0.25, -0.2) is 0 Å². The molecule has 13 heavy (non-hydrogen) atoms. The summed E-state index contributed by atoms with van der Waals surface area (Å²) in [6, 6.07) is 5.20. The third-order valence-corrected chi connectivity index (χ3v) is 1.56. The van der Waals surface area contributed by atoms with Crippen molar-refractivity contribution in [1.29, 1.82) is 0 Å². The van der Waals surface area contributed by atoms with Crippen LogP contribution in [0.2, 0.25) is 0 Å². The Hall–Kier alpha value is -1.38. The number of rotatable bonds is 1. The van der Waals surface area contributed by atoms with Gasteiger partial charge in [0.25, 0.3) is 5.69 Å². The maximum atomic E-state index is 10.4. The first kappa shape index (κ1) is 11.6. The van der Waals surface area contributed by atoms with E-state index in [-0.39, 0.29) is 10.6 Å². The van der Waals surface area contributed by atoms with E-state index in [0.29, 0.717) is 5.56 Å². The maximum absolute atomic E-state index is 10.4. The number of hydrogen-bond acceptors (Lipinski definition) is 2. The van der Waals surface area contributed by atoms with Crippen LogP contribution in [-0.2, 0) is 0 Å². The largest absolute Gasteiger partial charge is 0.272 e. The first-order valence-electron chi connectivity index (χ1n) is 4.33. The summed E-state index contributed by atoms with van der Waals surface area (Å²) in [5.41, 5.74) is 1.83. The topological polar surface area (TPSA) is 43.1 Å². The SMILES string of the molecule is CC.Cc1ccc(C)c([N+](=O)[O-])c1. The molecule has 0 atom stereocenters. The molecular weight excluding hydrogens is 166 g/mol. The first-order valence-corrected chi connectivity index (χ1v) is 4.33. The fraction of sp³-hybridized carbons (Fsp3) is 0.400. The summed E-state index contributed by atoms with van der Waals surface area (Å²) in [5, 5.41) is 10.4. The molecule has 0 saturated carbocycles. The molecule has 0 N–H and O–H groups in total. The zero-order valence-electron chi connectivity index (χ0n) is 8.50. The van der Waals surface area contributed by atoms with Crippen LogP contribution in [0.15, 0.2) is 18.2 Å². The molecule has 0 fully saturated rings. The van der Waals surface area contributed by atoms with Crippen LogP contribution in [0.4, 0.5) is 5.69 Å². The van der Waals surface area contributed by atoms with E-state index in [1.807, 2.05) is 26.8 Å². The molecule has 0 heterocycles. The van der Waals surface area contributed by atoms with Crippen molar-refractivity contribution in [2.75, 3.05) is 0 Å². The van der Waals surface area contributed by atoms with Crippen LogP contribution in [0.25, 0.3) is 0 Å². The molecule has 0 aliphatic heterocycles. The monoisotopic (exact) mass is 181 g/mol. The Labute approximate surface area is 78.5 Å². The highest BCUT2D eigenvalue weighted by atomic mass is 16.6. The van der Waals surface area contributed by atoms with Gasteiger partial charge in [0.1, 0.15) is 0 Å². The van der Waals surface area contributed by atoms with Crippen molar-refractivity contribution in [3.8, 4) is 0 Å². The Morgan fingerprint density at radius 1 is 1.23 bits per heavy atom. The van der Waals surface area contributed by atoms with Gasteiger partial charge in [-0.15, -0.1) is 0 Å². The van der Waals surface area contributed by atoms with Crippen LogP contribution in [0.5, 0.6) is 0 Å². The molecule has 3 heteroatoms. The Morgan fingerprint density at radius 3 is 2.15 bits per heavy atom. The summed E-state index contributed by atoms with van der Waals surface area (Å²) in [6.07, 6.45) is 0. The van der Waals surface area contributed by atoms with Crippen molar-refractivity contribution >= 4 is 5.69 Å². The van der Waals surface area contributed by atoms with Gasteiger partial charge in [0, 0.05) is 11.6 Å². The van der Waals surface area contributed by atoms with Crippen LogP contribution in [0, 0.1) is 24.0 Å². The molecule has 0 amide bonds. The lowest BCUT2D eigenvalue weighted by Gasteiger charge is -1.96. The summed E-state index contributed by atoms with van der Waals surface area (Å²) >= 11 is 0. The van der Waals surface area contributed by atoms with Crippen LogP contribution in [0.1, 0.15) is 25.0 Å². The van der Waals surface area contributed by atoms with E-state index in [2.05, 4.69) is 0 Å². The second-order valence-corrected chi connectivity index (χ2v) is 2.55. The third-order valence-electron chi connectivity index (χ3n) is 1.56. The Morgan fingerprint density at radius 2 is 1.77 bits per heavy atom. The van der Waals surface area contributed by atoms with Gasteiger partial charge in [0.15, 0.2) is 0 Å². The molecule has 1 aromatic rings. The minimum atomic E-state index is -0.359. The molecule has 1 aromatic carbocycles. The van der Waals surface area contributed by atoms with Crippen LogP contribution in [0.3, 0.4) is 0 Å². The molecule has 72 valence electrons. The van der Waals surface area contributed by atoms with E-state index in [4.69, 9.17) is 0 Å². The summed E-state index contributed by atoms with van der Waals surface area (Å²) in [7, 11) is 0. The van der Waals surface area contributed by atoms with Crippen molar-refractivity contribution in [2.45, 2.75) is 27.7 Å². The lowest BCUT2D eigenvalue weighted by Crippen LogP contribution is -1.91. The molecule has 0 unspecified atom stereocenters. The zero-order chi connectivity index (χ0) is 10.4. The number of benzene rings is 1. The quantitative estimate of drug-likeness (QED) is 0.493. The standard InChI is InChI=1S/C8H9NO2.C2H6/c1-6-3-4-7(2)8(5-6)9(10)11;1-2/h3-5H,1-2H3;1-2H3. The molecule has 0 aliphatic rings. The lowest BCUT2D eigenvalue weighted by atomic mass is 10.1. The summed E-state index contributed by atoms with van der Waals surface area (Å²) in [6.45, 7) is 7.57. The van der Waals surface area contributed by atoms with E-state index in [0.717, 1.165) is 5.56 Å². The molecular formula is C10H15NO2. The Bertz CT molecular complexity index is 295. The van der Waals surface area contributed by atoms with Gasteiger partial charge in [-0.05, 0) is 19.4 Å². The van der Waals surface area contributed by atoms with E-state index < -0.39 is 0 Å². The van der Waals surface area contributed by atoms with Crippen molar-refractivity contribution in [3.05, 3.63) is 39.4 Å². The van der Waals surface area contributed by atoms with Crippen molar-refractivity contribution in [1.82, 2.24) is 0 Å². The molecule has 0 saturated heterocycles. The van der Waals surface area contributed by atoms with E-state index >= 15 is 0 Å². The summed E-state index contributed by atoms with van der Waals surface area (Å²) in [5.74, 6) is 0. The molecule has 0 radical (unpaired) electrons. The smallest absolute Gasteiger partial charge is 0.258 e. The number of nitro benzene ring substituents is 1. The molecule has 1 rings (SSSR count). The number of aryl methyl sites for hydroxylation is 2. The molecule has 3 nitrogen and oxygen atoms in total. The average Bonchev–Trinajstić information content (AvgIpc) is 2.12. The highest BCUT2D eigenvalue weighted by molar-refractivity contribution is 5.41. The van der Waals surface area contributed by atoms with E-state index in [1.54, 1.807) is 19.1 Å². The van der Waals surface area contributed by atoms with E-state index in [1.165, 1.54) is 0 Å². The predicted octanol–water partition coefficient (Wildman–Crippen LogP) is 3.24. The predicted molar refractivity (Wildman–Crippen MR) is 53.9 cm³/mol. The zero-order valence-corrected chi connectivity index (χ0v) is 8.50. The third kappa shape index (κ3) is 3.23. The minimum Gasteiger partial charge on any atom is -0.258 e. The van der Waals surface area contributed by atoms with Gasteiger partial charge in [-0.2, -0.15) is 0 Å². The summed E-state index contributed by atoms with van der Waals surface area (Å²) < 4.78 is 0. The summed E-state index contributed by atoms with van der Waals surface area (Å²) in [4.78, 5) is 10.0. The fourth-order valence-corrected chi connectivity index (χ4v) is 0.916. The lowest BCUT2D eigenvalue weighted by molar-refractivity contribution is -0.385. The molecule has 0 aliphatic carbocycles. The second kappa shape index (κ2) is 5.30. The highest BCUT2D eigenvalue weighted by Crippen LogP contribution is 2.18. The number of hydrogen-bond donors (Lipinski definition) is 0. The van der Waals surface area contributed by atoms with Crippen molar-refractivity contribution in [2.24, 2.45) is 0 Å². The molecule has 0 bridgehead atoms. The normalized spacial score (nSPS) is 8.62. The second-order valence-electron chi connectivity index (χ2n) is 2.55. The van der Waals surface area contributed by atoms with Crippen LogP contribution < -0.4 is 0 Å². The highest BCUT2D eigenvalue weighted by Gasteiger charge is 2.08. The van der Waals surface area contributed by atoms with Gasteiger partial charge < -0.3 is 0 Å². The van der Waals surface area contributed by atoms with Gasteiger partial charge in [-0.1, -0.05) is 26.0 Å². The average molecular weight is 181 g/mol. The van der Waals surface area contributed by atoms with Gasteiger partial charge in [0.2, 0.25) is 0 Å². The Kier molecular flexibility index (Phi) is 4.74. The van der Waals surface area contributed by atoms with Gasteiger partial charge >= 0.3 is 0 Å². The fourth-order valence-electron chi connectivity index (χ4n) is 0.916. The molecule has 0 spiro atoms. The Balaban J connectivity index is 0.000000671. The maximum Gasteiger partial charge on any atom is 0.272 e. The number of nitrogens with zero attached hydrogens (tertiary/aromatic N) is 1. The minimum absolute atomic E-state index is 0.199. The van der Waals surface area contributed by atoms with Crippen molar-refractivity contribution in [3.63, 3.8) is 0 Å². The first-order chi connectivity index (χ1) is 6.11. The van der Waals surface area contributed by atoms with Gasteiger partial charge in [-0.3, -0.25) is 10.1 Å². The molecule has 0 aromatic heterocycles. The van der Waals surface area contributed by atoms with Crippen molar-refractivity contribution < 1.29 is 4.92 Å². The van der Waals surface area contributed by atoms with E-state index in [9.17, 15) is 10.1 Å². The van der Waals surface area contributed by atoms with Crippen LogP contribution in [-0.4, -0.2) is 4.92 Å². The number of nitro groups is 1.